The molecule has 0 aliphatic carbocycles. The first kappa shape index (κ1) is 20.7. The molecule has 0 spiro atoms. The fourth-order valence-electron chi connectivity index (χ4n) is 4.09. The summed E-state index contributed by atoms with van der Waals surface area (Å²) in [5, 5.41) is 0.885. The third kappa shape index (κ3) is 3.88. The zero-order chi connectivity index (χ0) is 21.3. The van der Waals surface area contributed by atoms with Crippen LogP contribution in [0, 0.1) is 13.8 Å². The Kier molecular flexibility index (Phi) is 5.95. The molecule has 1 saturated heterocycles. The van der Waals surface area contributed by atoms with Gasteiger partial charge in [-0.05, 0) is 50.5 Å². The lowest BCUT2D eigenvalue weighted by Gasteiger charge is -2.21. The minimum Gasteiger partial charge on any atom is -0.338 e. The number of carbonyl (C=O) groups excluding carboxylic acids is 1. The van der Waals surface area contributed by atoms with E-state index in [1.165, 1.54) is 11.1 Å². The van der Waals surface area contributed by atoms with E-state index in [4.69, 9.17) is 0 Å². The van der Waals surface area contributed by atoms with E-state index in [0.717, 1.165) is 17.9 Å². The van der Waals surface area contributed by atoms with Crippen molar-refractivity contribution < 1.29 is 4.79 Å². The molecule has 3 heterocycles. The van der Waals surface area contributed by atoms with Gasteiger partial charge >= 0.3 is 0 Å². The Morgan fingerprint density at radius 1 is 1.17 bits per heavy atom. The molecule has 6 heteroatoms. The lowest BCUT2D eigenvalue weighted by atomic mass is 10.0. The maximum Gasteiger partial charge on any atom is 0.259 e. The van der Waals surface area contributed by atoms with E-state index in [1.807, 2.05) is 41.1 Å². The molecule has 4 rings (SSSR count). The van der Waals surface area contributed by atoms with Gasteiger partial charge in [-0.25, -0.2) is 4.98 Å². The number of amides is 1. The normalized spacial score (nSPS) is 17.2. The molecular weight excluding hydrogens is 394 g/mol. The fraction of sp³-hybridized carbons (Fsp3) is 0.375. The van der Waals surface area contributed by atoms with Gasteiger partial charge in [-0.1, -0.05) is 24.3 Å². The van der Waals surface area contributed by atoms with Crippen molar-refractivity contribution in [3.05, 3.63) is 75.2 Å². The predicted octanol–water partition coefficient (Wildman–Crippen LogP) is 4.35. The first-order valence-corrected chi connectivity index (χ1v) is 11.5. The highest BCUT2D eigenvalue weighted by molar-refractivity contribution is 7.99. The van der Waals surface area contributed by atoms with Gasteiger partial charge in [0.2, 0.25) is 5.43 Å². The molecule has 0 bridgehead atoms. The van der Waals surface area contributed by atoms with Crippen molar-refractivity contribution in [1.29, 1.82) is 0 Å². The molecule has 0 radical (unpaired) electrons. The average Bonchev–Trinajstić information content (AvgIpc) is 3.00. The minimum atomic E-state index is -0.223. The topological polar surface area (TPSA) is 55.2 Å². The second-order valence-corrected chi connectivity index (χ2v) is 9.09. The maximum absolute atomic E-state index is 13.3. The summed E-state index contributed by atoms with van der Waals surface area (Å²) in [5.41, 5.74) is 4.16. The number of carbonyl (C=O) groups is 1. The Morgan fingerprint density at radius 2 is 1.97 bits per heavy atom. The van der Waals surface area contributed by atoms with E-state index >= 15 is 0 Å². The zero-order valence-corrected chi connectivity index (χ0v) is 18.5. The van der Waals surface area contributed by atoms with E-state index in [-0.39, 0.29) is 16.9 Å². The molecule has 1 aromatic carbocycles. The van der Waals surface area contributed by atoms with Crippen molar-refractivity contribution in [2.75, 3.05) is 18.8 Å². The van der Waals surface area contributed by atoms with Crippen molar-refractivity contribution in [2.24, 2.45) is 0 Å². The van der Waals surface area contributed by atoms with Crippen LogP contribution < -0.4 is 5.43 Å². The molecule has 3 aromatic rings. The molecule has 1 aliphatic rings. The molecule has 1 amide bonds. The van der Waals surface area contributed by atoms with Crippen LogP contribution in [0.15, 0.2) is 47.4 Å². The van der Waals surface area contributed by atoms with Gasteiger partial charge in [0, 0.05) is 42.5 Å². The molecule has 2 aromatic heterocycles. The molecule has 30 heavy (non-hydrogen) atoms. The second-order valence-electron chi connectivity index (χ2n) is 7.78. The van der Waals surface area contributed by atoms with Gasteiger partial charge in [-0.3, -0.25) is 9.59 Å². The number of hydrogen-bond donors (Lipinski definition) is 0. The quantitative estimate of drug-likeness (QED) is 0.631. The molecule has 1 unspecified atom stereocenters. The van der Waals surface area contributed by atoms with Crippen LogP contribution in [-0.4, -0.2) is 39.2 Å². The smallest absolute Gasteiger partial charge is 0.259 e. The minimum absolute atomic E-state index is 0.171. The van der Waals surface area contributed by atoms with Crippen LogP contribution in [0.25, 0.3) is 11.0 Å². The molecule has 1 aliphatic heterocycles. The zero-order valence-electron chi connectivity index (χ0n) is 17.7. The number of hydrogen-bond acceptors (Lipinski definition) is 4. The van der Waals surface area contributed by atoms with Crippen molar-refractivity contribution >= 4 is 28.7 Å². The Labute approximate surface area is 181 Å². The van der Waals surface area contributed by atoms with Crippen LogP contribution in [-0.2, 0) is 6.54 Å². The first-order chi connectivity index (χ1) is 14.5. The van der Waals surface area contributed by atoms with E-state index in [2.05, 4.69) is 36.2 Å². The van der Waals surface area contributed by atoms with Gasteiger partial charge in [-0.15, -0.1) is 0 Å². The van der Waals surface area contributed by atoms with Crippen LogP contribution >= 0.6 is 11.8 Å². The van der Waals surface area contributed by atoms with Gasteiger partial charge in [0.25, 0.3) is 5.91 Å². The van der Waals surface area contributed by atoms with Gasteiger partial charge < -0.3 is 9.47 Å². The van der Waals surface area contributed by atoms with Gasteiger partial charge in [0.05, 0.1) is 5.39 Å². The summed E-state index contributed by atoms with van der Waals surface area (Å²) in [4.78, 5) is 32.8. The SMILES string of the molecule is CCn1cc(C(=O)N2CCSC(c3ccccc3C)CC2)c(=O)c2ccc(C)nc21. The molecule has 156 valence electrons. The second kappa shape index (κ2) is 8.64. The monoisotopic (exact) mass is 421 g/mol. The number of rotatable bonds is 3. The lowest BCUT2D eigenvalue weighted by Crippen LogP contribution is -2.36. The summed E-state index contributed by atoms with van der Waals surface area (Å²) < 4.78 is 1.90. The Hall–Kier alpha value is -2.60. The molecule has 5 nitrogen and oxygen atoms in total. The van der Waals surface area contributed by atoms with Crippen molar-refractivity contribution in [2.45, 2.75) is 39.0 Å². The van der Waals surface area contributed by atoms with Crippen molar-refractivity contribution in [3.8, 4) is 0 Å². The summed E-state index contributed by atoms with van der Waals surface area (Å²) in [6.45, 7) is 8.00. The molecular formula is C24H27N3O2S. The van der Waals surface area contributed by atoms with Gasteiger partial charge in [0.15, 0.2) is 0 Å². The molecule has 0 N–H and O–H groups in total. The Balaban J connectivity index is 1.63. The van der Waals surface area contributed by atoms with Crippen LogP contribution in [0.2, 0.25) is 0 Å². The Bertz CT molecular complexity index is 1150. The van der Waals surface area contributed by atoms with E-state index in [9.17, 15) is 9.59 Å². The number of benzene rings is 1. The first-order valence-electron chi connectivity index (χ1n) is 10.5. The number of aryl methyl sites for hydroxylation is 3. The number of nitrogens with zero attached hydrogens (tertiary/aromatic N) is 3. The highest BCUT2D eigenvalue weighted by Gasteiger charge is 2.26. The van der Waals surface area contributed by atoms with E-state index in [1.54, 1.807) is 12.3 Å². The van der Waals surface area contributed by atoms with Crippen LogP contribution in [0.1, 0.15) is 45.8 Å². The van der Waals surface area contributed by atoms with Crippen LogP contribution in [0.3, 0.4) is 0 Å². The highest BCUT2D eigenvalue weighted by Crippen LogP contribution is 2.36. The van der Waals surface area contributed by atoms with Crippen molar-refractivity contribution in [3.63, 3.8) is 0 Å². The fourth-order valence-corrected chi connectivity index (χ4v) is 5.42. The summed E-state index contributed by atoms with van der Waals surface area (Å²) in [6.07, 6.45) is 2.58. The lowest BCUT2D eigenvalue weighted by molar-refractivity contribution is 0.0764. The summed E-state index contributed by atoms with van der Waals surface area (Å²) in [6, 6.07) is 12.1. The largest absolute Gasteiger partial charge is 0.338 e. The molecule has 1 atom stereocenters. The van der Waals surface area contributed by atoms with E-state index < -0.39 is 0 Å². The third-order valence-corrected chi connectivity index (χ3v) is 7.11. The van der Waals surface area contributed by atoms with Gasteiger partial charge in [0.1, 0.15) is 11.2 Å². The average molecular weight is 422 g/mol. The summed E-state index contributed by atoms with van der Waals surface area (Å²) in [5.74, 6) is 0.692. The predicted molar refractivity (Wildman–Crippen MR) is 123 cm³/mol. The standard InChI is InChI=1S/C24H27N3O2S/c1-4-26-15-20(22(28)19-10-9-17(3)25-23(19)26)24(29)27-12-11-21(30-14-13-27)18-8-6-5-7-16(18)2/h5-10,15,21H,4,11-14H2,1-3H3. The van der Waals surface area contributed by atoms with Crippen LogP contribution in [0.4, 0.5) is 0 Å². The molecule has 0 saturated carbocycles. The number of thioether (sulfide) groups is 1. The summed E-state index contributed by atoms with van der Waals surface area (Å²) in [7, 11) is 0. The number of aromatic nitrogens is 2. The van der Waals surface area contributed by atoms with E-state index in [0.29, 0.717) is 35.9 Å². The van der Waals surface area contributed by atoms with Crippen LogP contribution in [0.5, 0.6) is 0 Å². The maximum atomic E-state index is 13.3. The van der Waals surface area contributed by atoms with Crippen molar-refractivity contribution in [1.82, 2.24) is 14.5 Å². The summed E-state index contributed by atoms with van der Waals surface area (Å²) >= 11 is 1.90. The number of pyridine rings is 2. The third-order valence-electron chi connectivity index (χ3n) is 5.80. The Morgan fingerprint density at radius 3 is 2.73 bits per heavy atom. The highest BCUT2D eigenvalue weighted by atomic mass is 32.2. The number of fused-ring (bicyclic) bond motifs is 1. The van der Waals surface area contributed by atoms with Gasteiger partial charge in [-0.2, -0.15) is 11.8 Å². The molecule has 1 fully saturated rings.